The summed E-state index contributed by atoms with van der Waals surface area (Å²) < 4.78 is 37.0. The highest BCUT2D eigenvalue weighted by atomic mass is 19.1. The van der Waals surface area contributed by atoms with Crippen molar-refractivity contribution in [2.24, 2.45) is 0 Å². The molecule has 0 radical (unpaired) electrons. The largest absolute Gasteiger partial charge is 0.454 e. The molecule has 0 bridgehead atoms. The maximum absolute atomic E-state index is 13.8. The van der Waals surface area contributed by atoms with E-state index < -0.39 is 17.6 Å². The topological polar surface area (TPSA) is 68.1 Å². The lowest BCUT2D eigenvalue weighted by atomic mass is 10.1. The Morgan fingerprint density at radius 1 is 1.12 bits per heavy atom. The van der Waals surface area contributed by atoms with E-state index in [1.807, 2.05) is 24.3 Å². The van der Waals surface area contributed by atoms with E-state index in [1.165, 1.54) is 12.1 Å². The van der Waals surface area contributed by atoms with Crippen molar-refractivity contribution in [3.63, 3.8) is 0 Å². The Bertz CT molecular complexity index is 1070. The van der Waals surface area contributed by atoms with Crippen LogP contribution in [-0.2, 0) is 11.3 Å². The highest BCUT2D eigenvalue weighted by Crippen LogP contribution is 2.24. The van der Waals surface area contributed by atoms with Crippen LogP contribution in [0.5, 0.6) is 0 Å². The summed E-state index contributed by atoms with van der Waals surface area (Å²) in [4.78, 5) is 15.1. The van der Waals surface area contributed by atoms with Gasteiger partial charge in [0, 0.05) is 23.0 Å². The number of hydrogen-bond acceptors (Lipinski definition) is 4. The van der Waals surface area contributed by atoms with Crippen LogP contribution in [0.4, 0.5) is 8.78 Å². The quantitative estimate of drug-likeness (QED) is 0.550. The third-order valence-electron chi connectivity index (χ3n) is 3.86. The molecule has 7 heteroatoms. The van der Waals surface area contributed by atoms with Crippen LogP contribution < -0.4 is 0 Å². The number of carbonyl (C=O) groups is 1. The Balaban J connectivity index is 1.46. The Hall–Kier alpha value is -3.48. The van der Waals surface area contributed by atoms with Crippen molar-refractivity contribution in [3.05, 3.63) is 77.6 Å². The van der Waals surface area contributed by atoms with E-state index in [0.29, 0.717) is 11.4 Å². The van der Waals surface area contributed by atoms with E-state index in [9.17, 15) is 13.6 Å². The van der Waals surface area contributed by atoms with E-state index in [2.05, 4.69) is 10.1 Å². The van der Waals surface area contributed by atoms with Gasteiger partial charge in [-0.25, -0.2) is 13.6 Å². The van der Waals surface area contributed by atoms with E-state index in [-0.39, 0.29) is 17.9 Å². The average Bonchev–Trinajstić information content (AvgIpc) is 3.26. The van der Waals surface area contributed by atoms with Crippen molar-refractivity contribution in [1.82, 2.24) is 10.1 Å². The molecule has 26 heavy (non-hydrogen) atoms. The smallest absolute Gasteiger partial charge is 0.355 e. The summed E-state index contributed by atoms with van der Waals surface area (Å²) in [7, 11) is 0. The molecule has 0 aliphatic heterocycles. The summed E-state index contributed by atoms with van der Waals surface area (Å²) in [6.07, 6.45) is 0. The van der Waals surface area contributed by atoms with Crippen LogP contribution in [0, 0.1) is 11.6 Å². The van der Waals surface area contributed by atoms with Gasteiger partial charge in [0.05, 0.1) is 5.56 Å². The van der Waals surface area contributed by atoms with Gasteiger partial charge in [0.1, 0.15) is 29.6 Å². The Labute approximate surface area is 146 Å². The molecule has 2 aromatic carbocycles. The van der Waals surface area contributed by atoms with E-state index >= 15 is 0 Å². The number of halogens is 2. The number of hydrogen-bond donors (Lipinski definition) is 1. The molecule has 0 amide bonds. The summed E-state index contributed by atoms with van der Waals surface area (Å²) in [6, 6.07) is 13.7. The molecule has 0 saturated carbocycles. The highest BCUT2D eigenvalue weighted by Gasteiger charge is 2.15. The number of aromatic nitrogens is 2. The minimum atomic E-state index is -0.761. The predicted molar refractivity (Wildman–Crippen MR) is 89.3 cm³/mol. The molecule has 0 atom stereocenters. The van der Waals surface area contributed by atoms with Gasteiger partial charge in [0.15, 0.2) is 5.76 Å². The molecule has 0 unspecified atom stereocenters. The van der Waals surface area contributed by atoms with Crippen molar-refractivity contribution in [3.8, 4) is 11.3 Å². The number of carbonyl (C=O) groups excluding carboxylic acids is 1. The van der Waals surface area contributed by atoms with Crippen LogP contribution in [0.2, 0.25) is 0 Å². The first kappa shape index (κ1) is 16.0. The van der Waals surface area contributed by atoms with E-state index in [4.69, 9.17) is 9.26 Å². The fourth-order valence-corrected chi connectivity index (χ4v) is 2.60. The average molecular weight is 354 g/mol. The van der Waals surface area contributed by atoms with Crippen LogP contribution >= 0.6 is 0 Å². The minimum Gasteiger partial charge on any atom is -0.454 e. The van der Waals surface area contributed by atoms with E-state index in [0.717, 1.165) is 23.0 Å². The molecule has 0 saturated heterocycles. The predicted octanol–water partition coefficient (Wildman–Crippen LogP) is 4.46. The lowest BCUT2D eigenvalue weighted by Crippen LogP contribution is -2.05. The van der Waals surface area contributed by atoms with E-state index in [1.54, 1.807) is 6.07 Å². The number of esters is 1. The first-order valence-corrected chi connectivity index (χ1v) is 7.76. The number of rotatable bonds is 4. The van der Waals surface area contributed by atoms with Gasteiger partial charge in [-0.1, -0.05) is 23.4 Å². The zero-order valence-corrected chi connectivity index (χ0v) is 13.3. The molecule has 2 heterocycles. The second-order valence-corrected chi connectivity index (χ2v) is 5.65. The molecule has 1 N–H and O–H groups in total. The molecule has 5 nitrogen and oxygen atoms in total. The summed E-state index contributed by atoms with van der Waals surface area (Å²) in [5.74, 6) is -1.86. The molecular weight excluding hydrogens is 342 g/mol. The molecule has 0 aliphatic carbocycles. The maximum atomic E-state index is 13.8. The van der Waals surface area contributed by atoms with Gasteiger partial charge < -0.3 is 14.2 Å². The zero-order valence-electron chi connectivity index (χ0n) is 13.3. The lowest BCUT2D eigenvalue weighted by molar-refractivity contribution is 0.0458. The van der Waals surface area contributed by atoms with Gasteiger partial charge in [-0.2, -0.15) is 0 Å². The van der Waals surface area contributed by atoms with Gasteiger partial charge in [-0.05, 0) is 24.3 Å². The van der Waals surface area contributed by atoms with Crippen molar-refractivity contribution in [1.29, 1.82) is 0 Å². The van der Waals surface area contributed by atoms with Gasteiger partial charge in [0.2, 0.25) is 0 Å². The molecule has 0 fully saturated rings. The van der Waals surface area contributed by atoms with Crippen LogP contribution in [0.1, 0.15) is 16.2 Å². The molecule has 130 valence electrons. The normalized spacial score (nSPS) is 11.0. The molecule has 2 aromatic heterocycles. The number of para-hydroxylation sites is 1. The lowest BCUT2D eigenvalue weighted by Gasteiger charge is -1.99. The summed E-state index contributed by atoms with van der Waals surface area (Å²) in [5, 5.41) is 4.64. The van der Waals surface area contributed by atoms with Gasteiger partial charge in [-0.3, -0.25) is 0 Å². The Morgan fingerprint density at radius 3 is 2.77 bits per heavy atom. The highest BCUT2D eigenvalue weighted by molar-refractivity contribution is 5.94. The van der Waals surface area contributed by atoms with Crippen LogP contribution in [0.3, 0.4) is 0 Å². The van der Waals surface area contributed by atoms with Crippen molar-refractivity contribution >= 4 is 16.9 Å². The molecule has 4 rings (SSSR count). The monoisotopic (exact) mass is 354 g/mol. The zero-order chi connectivity index (χ0) is 18.1. The number of nitrogens with zero attached hydrogens (tertiary/aromatic N) is 1. The first-order valence-electron chi connectivity index (χ1n) is 7.76. The number of fused-ring (bicyclic) bond motifs is 1. The summed E-state index contributed by atoms with van der Waals surface area (Å²) >= 11 is 0. The molecular formula is C19H12F2N2O3. The molecule has 0 spiro atoms. The van der Waals surface area contributed by atoms with Crippen molar-refractivity contribution in [2.45, 2.75) is 6.61 Å². The molecule has 4 aromatic rings. The third-order valence-corrected chi connectivity index (χ3v) is 3.86. The number of benzene rings is 2. The number of nitrogens with one attached hydrogen (secondary N) is 1. The van der Waals surface area contributed by atoms with Gasteiger partial charge >= 0.3 is 5.97 Å². The summed E-state index contributed by atoms with van der Waals surface area (Å²) in [5.41, 5.74) is 1.54. The van der Waals surface area contributed by atoms with Crippen molar-refractivity contribution in [2.75, 3.05) is 0 Å². The molecule has 0 aliphatic rings. The first-order chi connectivity index (χ1) is 12.6. The third kappa shape index (κ3) is 3.06. The standard InChI is InChI=1S/C19H12F2N2O3/c20-12-5-6-14(15(21)8-12)18-9-13(23-26-18)10-25-19(24)17-7-11-3-1-2-4-16(11)22-17/h1-9,22H,10H2. The number of H-pyrrole nitrogens is 1. The second-order valence-electron chi connectivity index (χ2n) is 5.65. The Morgan fingerprint density at radius 2 is 1.96 bits per heavy atom. The fraction of sp³-hybridized carbons (Fsp3) is 0.0526. The van der Waals surface area contributed by atoms with Crippen LogP contribution in [-0.4, -0.2) is 16.1 Å². The SMILES string of the molecule is O=C(OCc1cc(-c2ccc(F)cc2F)on1)c1cc2ccccc2[nH]1. The number of ether oxygens (including phenoxy) is 1. The minimum absolute atomic E-state index is 0.0760. The maximum Gasteiger partial charge on any atom is 0.355 e. The van der Waals surface area contributed by atoms with Crippen LogP contribution in [0.15, 0.2) is 59.1 Å². The van der Waals surface area contributed by atoms with Gasteiger partial charge in [0.25, 0.3) is 0 Å². The van der Waals surface area contributed by atoms with Crippen LogP contribution in [0.25, 0.3) is 22.2 Å². The second kappa shape index (κ2) is 6.44. The summed E-state index contributed by atoms with van der Waals surface area (Å²) in [6.45, 7) is -0.138. The fourth-order valence-electron chi connectivity index (χ4n) is 2.60. The Kier molecular flexibility index (Phi) is 3.96. The van der Waals surface area contributed by atoms with Crippen molar-refractivity contribution < 1.29 is 22.8 Å². The van der Waals surface area contributed by atoms with Gasteiger partial charge in [-0.15, -0.1) is 0 Å². The number of aromatic amines is 1.